The first-order valence-electron chi connectivity index (χ1n) is 4.36. The average Bonchev–Trinajstić information content (AvgIpc) is 2.30. The predicted molar refractivity (Wildman–Crippen MR) is 53.7 cm³/mol. The zero-order valence-electron chi connectivity index (χ0n) is 8.09. The minimum atomic E-state index is -2.01. The highest BCUT2D eigenvalue weighted by Crippen LogP contribution is 2.21. The Morgan fingerprint density at radius 1 is 1.47 bits per heavy atom. The molecule has 4 heteroatoms. The summed E-state index contributed by atoms with van der Waals surface area (Å²) in [6, 6.07) is 8.17. The zero-order valence-corrected chi connectivity index (χ0v) is 8.09. The molecule has 0 aromatic heterocycles. The maximum atomic E-state index is 10.9. The fourth-order valence-corrected chi connectivity index (χ4v) is 1.09. The molecule has 0 aliphatic carbocycles. The van der Waals surface area contributed by atoms with Crippen LogP contribution in [0.1, 0.15) is 5.56 Å². The van der Waals surface area contributed by atoms with Crippen LogP contribution in [0.5, 0.6) is 0 Å². The number of benzene rings is 1. The summed E-state index contributed by atoms with van der Waals surface area (Å²) < 4.78 is 4.67. The van der Waals surface area contributed by atoms with Gasteiger partial charge in [-0.2, -0.15) is 0 Å². The topological polar surface area (TPSA) is 66.8 Å². The fourth-order valence-electron chi connectivity index (χ4n) is 1.09. The van der Waals surface area contributed by atoms with E-state index in [9.17, 15) is 9.90 Å². The van der Waals surface area contributed by atoms with Crippen LogP contribution < -0.4 is 0 Å². The van der Waals surface area contributed by atoms with Crippen LogP contribution in [-0.4, -0.2) is 22.8 Å². The molecule has 80 valence electrons. The summed E-state index contributed by atoms with van der Waals surface area (Å²) in [5.41, 5.74) is 0.308. The Morgan fingerprint density at radius 2 is 2.07 bits per heavy atom. The van der Waals surface area contributed by atoms with E-state index >= 15 is 0 Å². The lowest BCUT2D eigenvalue weighted by molar-refractivity contribution is -0.225. The van der Waals surface area contributed by atoms with Crippen LogP contribution in [0, 0.1) is 0 Å². The molecular weight excluding hydrogens is 196 g/mol. The lowest BCUT2D eigenvalue weighted by Crippen LogP contribution is -2.35. The van der Waals surface area contributed by atoms with Crippen molar-refractivity contribution in [3.05, 3.63) is 48.6 Å². The van der Waals surface area contributed by atoms with Gasteiger partial charge >= 0.3 is 5.97 Å². The number of ether oxygens (including phenoxy) is 1. The normalized spacial score (nSPS) is 14.0. The van der Waals surface area contributed by atoms with E-state index in [1.807, 2.05) is 0 Å². The first kappa shape index (κ1) is 11.4. The van der Waals surface area contributed by atoms with Crippen LogP contribution in [0.25, 0.3) is 0 Å². The number of carbonyl (C=O) groups excluding carboxylic acids is 1. The molecule has 1 aromatic rings. The van der Waals surface area contributed by atoms with Crippen molar-refractivity contribution in [2.45, 2.75) is 5.79 Å². The number of hydrogen-bond acceptors (Lipinski definition) is 4. The van der Waals surface area contributed by atoms with Gasteiger partial charge in [-0.05, 0) is 0 Å². The summed E-state index contributed by atoms with van der Waals surface area (Å²) in [6.07, 6.45) is 0.920. The highest BCUT2D eigenvalue weighted by Gasteiger charge is 2.32. The summed E-state index contributed by atoms with van der Waals surface area (Å²) in [5.74, 6) is -2.80. The molecule has 1 atom stereocenters. The fraction of sp³-hybridized carbons (Fsp3) is 0.182. The zero-order chi connectivity index (χ0) is 11.3. The number of rotatable bonds is 4. The van der Waals surface area contributed by atoms with Gasteiger partial charge in [0.15, 0.2) is 0 Å². The number of carbonyl (C=O) groups is 1. The average molecular weight is 208 g/mol. The monoisotopic (exact) mass is 208 g/mol. The van der Waals surface area contributed by atoms with Gasteiger partial charge in [0.1, 0.15) is 6.61 Å². The van der Waals surface area contributed by atoms with Crippen LogP contribution >= 0.6 is 0 Å². The Hall–Kier alpha value is -1.65. The Labute approximate surface area is 87.4 Å². The second kappa shape index (κ2) is 4.72. The third-order valence-electron chi connectivity index (χ3n) is 1.88. The summed E-state index contributed by atoms with van der Waals surface area (Å²) in [5, 5.41) is 18.9. The van der Waals surface area contributed by atoms with Gasteiger partial charge in [0.2, 0.25) is 0 Å². The minimum absolute atomic E-state index is 0.308. The lowest BCUT2D eigenvalue weighted by atomic mass is 10.1. The maximum absolute atomic E-state index is 10.9. The molecule has 1 rings (SSSR count). The molecule has 0 amide bonds. The van der Waals surface area contributed by atoms with Crippen LogP contribution in [0.2, 0.25) is 0 Å². The molecule has 0 saturated carbocycles. The second-order valence-corrected chi connectivity index (χ2v) is 2.93. The number of esters is 1. The van der Waals surface area contributed by atoms with Gasteiger partial charge in [-0.3, -0.25) is 0 Å². The second-order valence-electron chi connectivity index (χ2n) is 2.93. The van der Waals surface area contributed by atoms with Crippen molar-refractivity contribution < 1.29 is 19.7 Å². The van der Waals surface area contributed by atoms with E-state index in [2.05, 4.69) is 11.3 Å². The van der Waals surface area contributed by atoms with Crippen LogP contribution in [0.3, 0.4) is 0 Å². The van der Waals surface area contributed by atoms with Crippen molar-refractivity contribution in [1.82, 2.24) is 0 Å². The summed E-state index contributed by atoms with van der Waals surface area (Å²) >= 11 is 0. The summed E-state index contributed by atoms with van der Waals surface area (Å²) in [4.78, 5) is 10.9. The standard InChI is InChI=1S/C11H12O4/c1-2-10(13)15-11(14,8-12)9-6-4-3-5-7-9/h2-7,12,14H,1,8H2. The molecule has 0 fully saturated rings. The SMILES string of the molecule is C=CC(=O)OC(O)(CO)c1ccccc1. The van der Waals surface area contributed by atoms with Crippen molar-refractivity contribution in [3.63, 3.8) is 0 Å². The predicted octanol–water partition coefficient (Wildman–Crippen LogP) is 0.553. The summed E-state index contributed by atoms with van der Waals surface area (Å²) in [6.45, 7) is 2.49. The van der Waals surface area contributed by atoms with Crippen LogP contribution in [0.15, 0.2) is 43.0 Å². The van der Waals surface area contributed by atoms with E-state index < -0.39 is 18.4 Å². The molecule has 0 radical (unpaired) electrons. The smallest absolute Gasteiger partial charge is 0.333 e. The Kier molecular flexibility index (Phi) is 3.60. The molecule has 1 unspecified atom stereocenters. The molecule has 2 N–H and O–H groups in total. The minimum Gasteiger partial charge on any atom is -0.423 e. The van der Waals surface area contributed by atoms with Gasteiger partial charge in [-0.15, -0.1) is 0 Å². The van der Waals surface area contributed by atoms with Gasteiger partial charge < -0.3 is 14.9 Å². The highest BCUT2D eigenvalue weighted by atomic mass is 16.7. The van der Waals surface area contributed by atoms with E-state index in [1.165, 1.54) is 0 Å². The number of aliphatic hydroxyl groups excluding tert-OH is 1. The summed E-state index contributed by atoms with van der Waals surface area (Å²) in [7, 11) is 0. The first-order valence-corrected chi connectivity index (χ1v) is 4.36. The molecule has 0 spiro atoms. The van der Waals surface area contributed by atoms with Gasteiger partial charge in [0, 0.05) is 11.6 Å². The molecule has 1 aromatic carbocycles. The third kappa shape index (κ3) is 2.65. The van der Waals surface area contributed by atoms with Crippen LogP contribution in [0.4, 0.5) is 0 Å². The molecular formula is C11H12O4. The van der Waals surface area contributed by atoms with Crippen molar-refractivity contribution >= 4 is 5.97 Å². The molecule has 0 saturated heterocycles. The van der Waals surface area contributed by atoms with E-state index in [-0.39, 0.29) is 0 Å². The van der Waals surface area contributed by atoms with Gasteiger partial charge in [0.05, 0.1) is 0 Å². The largest absolute Gasteiger partial charge is 0.423 e. The number of aliphatic hydroxyl groups is 2. The van der Waals surface area contributed by atoms with E-state index in [4.69, 9.17) is 5.11 Å². The van der Waals surface area contributed by atoms with E-state index in [1.54, 1.807) is 30.3 Å². The molecule has 0 aliphatic rings. The quantitative estimate of drug-likeness (QED) is 0.431. The maximum Gasteiger partial charge on any atom is 0.333 e. The van der Waals surface area contributed by atoms with E-state index in [0.717, 1.165) is 6.08 Å². The molecule has 0 bridgehead atoms. The van der Waals surface area contributed by atoms with Gasteiger partial charge in [-0.25, -0.2) is 4.79 Å². The third-order valence-corrected chi connectivity index (χ3v) is 1.88. The highest BCUT2D eigenvalue weighted by molar-refractivity contribution is 5.81. The van der Waals surface area contributed by atoms with Crippen molar-refractivity contribution in [2.24, 2.45) is 0 Å². The Balaban J connectivity index is 2.95. The molecule has 0 heterocycles. The van der Waals surface area contributed by atoms with Crippen molar-refractivity contribution in [1.29, 1.82) is 0 Å². The van der Waals surface area contributed by atoms with Gasteiger partial charge in [0.25, 0.3) is 5.79 Å². The Bertz CT molecular complexity index is 347. The van der Waals surface area contributed by atoms with Gasteiger partial charge in [-0.1, -0.05) is 36.9 Å². The lowest BCUT2D eigenvalue weighted by Gasteiger charge is -2.25. The number of hydrogen-bond donors (Lipinski definition) is 2. The molecule has 15 heavy (non-hydrogen) atoms. The van der Waals surface area contributed by atoms with Crippen LogP contribution in [-0.2, 0) is 15.3 Å². The molecule has 0 aliphatic heterocycles. The van der Waals surface area contributed by atoms with E-state index in [0.29, 0.717) is 5.56 Å². The van der Waals surface area contributed by atoms with Crippen molar-refractivity contribution in [2.75, 3.05) is 6.61 Å². The first-order chi connectivity index (χ1) is 7.12. The Morgan fingerprint density at radius 3 is 2.53 bits per heavy atom. The molecule has 4 nitrogen and oxygen atoms in total. The van der Waals surface area contributed by atoms with Crippen molar-refractivity contribution in [3.8, 4) is 0 Å².